The molecule has 12 heteroatoms. The zero-order chi connectivity index (χ0) is 31.5. The lowest BCUT2D eigenvalue weighted by Crippen LogP contribution is -2.46. The zero-order valence-corrected chi connectivity index (χ0v) is 26.4. The van der Waals surface area contributed by atoms with Crippen LogP contribution in [0, 0.1) is 5.92 Å². The second-order valence-electron chi connectivity index (χ2n) is 11.5. The molecule has 1 saturated heterocycles. The first-order valence-corrected chi connectivity index (χ1v) is 16.2. The number of carbonyl (C=O) groups excluding carboxylic acids is 2. The fraction of sp³-hybridized carbons (Fsp3) is 0.516. The molecule has 4 rings (SSSR count). The smallest absolute Gasteiger partial charge is 0.242 e. The number of carbonyl (C=O) groups is 2. The maximum absolute atomic E-state index is 13.7. The van der Waals surface area contributed by atoms with Crippen LogP contribution in [0.1, 0.15) is 57.2 Å². The van der Waals surface area contributed by atoms with Gasteiger partial charge < -0.3 is 30.2 Å². The molecule has 234 valence electrons. The topological polar surface area (TPSA) is 149 Å². The number of benzene rings is 1. The number of methoxy groups -OCH3 is 3. The summed E-state index contributed by atoms with van der Waals surface area (Å²) in [5.74, 6) is 0.827. The van der Waals surface area contributed by atoms with E-state index in [1.165, 1.54) is 27.2 Å². The van der Waals surface area contributed by atoms with Crippen LogP contribution in [0.15, 0.2) is 29.1 Å². The summed E-state index contributed by atoms with van der Waals surface area (Å²) in [6.45, 7) is 5.37. The van der Waals surface area contributed by atoms with Crippen molar-refractivity contribution in [1.29, 1.82) is 0 Å². The summed E-state index contributed by atoms with van der Waals surface area (Å²) < 4.78 is 40.9. The summed E-state index contributed by atoms with van der Waals surface area (Å²) in [7, 11) is 1.43. The third-order valence-electron chi connectivity index (χ3n) is 7.85. The van der Waals surface area contributed by atoms with Gasteiger partial charge in [0.2, 0.25) is 23.0 Å². The summed E-state index contributed by atoms with van der Waals surface area (Å²) in [6, 6.07) is 5.12. The molecule has 0 bridgehead atoms. The number of fused-ring (bicyclic) bond motifs is 3. The van der Waals surface area contributed by atoms with Gasteiger partial charge in [-0.15, -0.1) is 0 Å². The van der Waals surface area contributed by atoms with Gasteiger partial charge in [-0.3, -0.25) is 14.4 Å². The molecule has 3 atom stereocenters. The Morgan fingerprint density at radius 2 is 1.72 bits per heavy atom. The van der Waals surface area contributed by atoms with E-state index in [9.17, 15) is 22.8 Å². The molecule has 0 saturated carbocycles. The van der Waals surface area contributed by atoms with Crippen molar-refractivity contribution < 1.29 is 32.2 Å². The monoisotopic (exact) mass is 615 g/mol. The Kier molecular flexibility index (Phi) is 9.89. The Hall–Kier alpha value is -3.80. The molecule has 2 aromatic carbocycles. The highest BCUT2D eigenvalue weighted by Crippen LogP contribution is 2.50. The number of hydrogen-bond donors (Lipinski definition) is 3. The van der Waals surface area contributed by atoms with Crippen molar-refractivity contribution in [3.63, 3.8) is 0 Å². The summed E-state index contributed by atoms with van der Waals surface area (Å²) in [4.78, 5) is 39.3. The van der Waals surface area contributed by atoms with Crippen LogP contribution in [-0.4, -0.2) is 65.2 Å². The van der Waals surface area contributed by atoms with Crippen molar-refractivity contribution >= 4 is 27.3 Å². The molecule has 43 heavy (non-hydrogen) atoms. The number of hydrogen-bond acceptors (Lipinski definition) is 9. The highest BCUT2D eigenvalue weighted by atomic mass is 32.2. The maximum Gasteiger partial charge on any atom is 0.242 e. The number of rotatable bonds is 10. The van der Waals surface area contributed by atoms with Gasteiger partial charge in [0.1, 0.15) is 6.04 Å². The molecule has 2 aromatic rings. The van der Waals surface area contributed by atoms with Crippen LogP contribution in [-0.2, 0) is 25.8 Å². The van der Waals surface area contributed by atoms with Crippen molar-refractivity contribution in [2.45, 2.75) is 64.6 Å². The van der Waals surface area contributed by atoms with Gasteiger partial charge >= 0.3 is 0 Å². The molecule has 0 unspecified atom stereocenters. The van der Waals surface area contributed by atoms with Gasteiger partial charge in [0.25, 0.3) is 0 Å². The lowest BCUT2D eigenvalue weighted by atomic mass is 9.95. The highest BCUT2D eigenvalue weighted by molar-refractivity contribution is 7.91. The average Bonchev–Trinajstić information content (AvgIpc) is 3.11. The fourth-order valence-corrected chi connectivity index (χ4v) is 7.60. The van der Waals surface area contributed by atoms with Crippen LogP contribution in [0.3, 0.4) is 0 Å². The Bertz CT molecular complexity index is 1560. The number of nitrogens with one attached hydrogen (secondary N) is 3. The molecule has 2 aliphatic rings. The van der Waals surface area contributed by atoms with Crippen LogP contribution in [0.2, 0.25) is 0 Å². The van der Waals surface area contributed by atoms with Crippen LogP contribution in [0.5, 0.6) is 17.2 Å². The highest BCUT2D eigenvalue weighted by Gasteiger charge is 2.32. The second kappa shape index (κ2) is 13.2. The molecule has 3 N–H and O–H groups in total. The standard InChI is InChI=1S/C31H41N3O8S/c1-17(2)13-25(31(37)33-20-11-12-43(38,39)16-20)34-24-10-8-21-22(15-26(24)36)23(32-18(3)35)9-7-19-14-27(40-4)29(41-5)30(42-6)28(19)21/h8,10,14-15,17,20,23,25H,7,9,11-13,16H2,1-6H3,(H,32,35)(H,33,37)(H,34,36)/t20-,23-,25-/m0/s1. The normalized spacial score (nSPS) is 19.3. The molecule has 11 nitrogen and oxygen atoms in total. The average molecular weight is 616 g/mol. The number of aryl methyl sites for hydroxylation is 1. The van der Waals surface area contributed by atoms with E-state index in [0.717, 1.165) is 11.1 Å². The van der Waals surface area contributed by atoms with Gasteiger partial charge in [-0.2, -0.15) is 0 Å². The Balaban J connectivity index is 1.82. The van der Waals surface area contributed by atoms with Crippen LogP contribution in [0.25, 0.3) is 11.1 Å². The van der Waals surface area contributed by atoms with E-state index in [1.54, 1.807) is 19.2 Å². The summed E-state index contributed by atoms with van der Waals surface area (Å²) >= 11 is 0. The molecule has 1 heterocycles. The van der Waals surface area contributed by atoms with Crippen LogP contribution < -0.4 is 35.6 Å². The number of amides is 2. The Morgan fingerprint density at radius 1 is 1.00 bits per heavy atom. The molecule has 1 aliphatic carbocycles. The van der Waals surface area contributed by atoms with E-state index in [4.69, 9.17) is 14.2 Å². The van der Waals surface area contributed by atoms with Gasteiger partial charge in [-0.25, -0.2) is 8.42 Å². The summed E-state index contributed by atoms with van der Waals surface area (Å²) in [5, 5.41) is 8.99. The summed E-state index contributed by atoms with van der Waals surface area (Å²) in [5.41, 5.74) is 2.76. The summed E-state index contributed by atoms with van der Waals surface area (Å²) in [6.07, 6.45) is 1.88. The van der Waals surface area contributed by atoms with Gasteiger partial charge in [-0.1, -0.05) is 19.9 Å². The minimum absolute atomic E-state index is 0.0437. The van der Waals surface area contributed by atoms with E-state index in [1.807, 2.05) is 19.9 Å². The molecule has 1 fully saturated rings. The van der Waals surface area contributed by atoms with Crippen LogP contribution in [0.4, 0.5) is 5.69 Å². The first kappa shape index (κ1) is 32.1. The largest absolute Gasteiger partial charge is 0.493 e. The number of sulfone groups is 1. The van der Waals surface area contributed by atoms with E-state index in [0.29, 0.717) is 54.1 Å². The van der Waals surface area contributed by atoms with Gasteiger partial charge in [0.15, 0.2) is 21.3 Å². The molecule has 0 aromatic heterocycles. The molecule has 0 radical (unpaired) electrons. The quantitative estimate of drug-likeness (QED) is 0.367. The SMILES string of the molecule is COc1cc2c(c(OC)c1OC)-c1ccc(N[C@@H](CC(C)C)C(=O)N[C@H]3CCS(=O)(=O)C3)c(=O)cc1[C@@H](NC(C)=O)CC2. The maximum atomic E-state index is 13.7. The number of ether oxygens (including phenoxy) is 3. The van der Waals surface area contributed by atoms with Crippen LogP contribution >= 0.6 is 0 Å². The van der Waals surface area contributed by atoms with Crippen molar-refractivity contribution in [2.75, 3.05) is 38.2 Å². The first-order valence-electron chi connectivity index (χ1n) is 14.4. The molecule has 0 spiro atoms. The minimum atomic E-state index is -3.17. The zero-order valence-electron chi connectivity index (χ0n) is 25.5. The molecular formula is C31H41N3O8S. The Morgan fingerprint density at radius 3 is 2.30 bits per heavy atom. The molecular weight excluding hydrogens is 574 g/mol. The van der Waals surface area contributed by atoms with Gasteiger partial charge in [0.05, 0.1) is 44.6 Å². The fourth-order valence-electron chi connectivity index (χ4n) is 5.93. The second-order valence-corrected chi connectivity index (χ2v) is 13.8. The molecule has 1 aliphatic heterocycles. The predicted molar refractivity (Wildman–Crippen MR) is 165 cm³/mol. The van der Waals surface area contributed by atoms with Crippen molar-refractivity contribution in [2.24, 2.45) is 5.92 Å². The van der Waals surface area contributed by atoms with Crippen molar-refractivity contribution in [1.82, 2.24) is 10.6 Å². The Labute approximate surface area is 252 Å². The lowest BCUT2D eigenvalue weighted by molar-refractivity contribution is -0.122. The van der Waals surface area contributed by atoms with E-state index in [-0.39, 0.29) is 40.4 Å². The van der Waals surface area contributed by atoms with E-state index >= 15 is 0 Å². The number of anilines is 1. The molecule has 2 amide bonds. The first-order chi connectivity index (χ1) is 20.4. The van der Waals surface area contributed by atoms with Gasteiger partial charge in [-0.05, 0) is 66.5 Å². The lowest BCUT2D eigenvalue weighted by Gasteiger charge is -2.22. The van der Waals surface area contributed by atoms with Crippen molar-refractivity contribution in [3.05, 3.63) is 45.6 Å². The van der Waals surface area contributed by atoms with E-state index in [2.05, 4.69) is 16.0 Å². The van der Waals surface area contributed by atoms with Crippen molar-refractivity contribution in [3.8, 4) is 28.4 Å². The third kappa shape index (κ3) is 7.23. The minimum Gasteiger partial charge on any atom is -0.493 e. The van der Waals surface area contributed by atoms with Gasteiger partial charge in [0, 0.05) is 18.5 Å². The van der Waals surface area contributed by atoms with E-state index < -0.39 is 28.0 Å². The predicted octanol–water partition coefficient (Wildman–Crippen LogP) is 2.99. The third-order valence-corrected chi connectivity index (χ3v) is 9.62.